The first kappa shape index (κ1) is 22.8. The minimum absolute atomic E-state index is 0.0574. The molecular formula is C21H24BrN3O3S. The number of carbonyl (C=O) groups excluding carboxylic acids is 2. The highest BCUT2D eigenvalue weighted by Crippen LogP contribution is 2.24. The fourth-order valence-electron chi connectivity index (χ4n) is 2.37. The molecule has 0 aromatic heterocycles. The minimum Gasteiger partial charge on any atom is -0.492 e. The molecule has 154 valence electrons. The Balaban J connectivity index is 2.01. The second-order valence-corrected chi connectivity index (χ2v) is 8.12. The number of hydrogen-bond acceptors (Lipinski definition) is 4. The third-order valence-electron chi connectivity index (χ3n) is 3.84. The molecule has 0 saturated heterocycles. The summed E-state index contributed by atoms with van der Waals surface area (Å²) >= 11 is 8.64. The van der Waals surface area contributed by atoms with E-state index in [-0.39, 0.29) is 16.9 Å². The van der Waals surface area contributed by atoms with E-state index in [1.54, 1.807) is 31.3 Å². The number of anilines is 1. The van der Waals surface area contributed by atoms with E-state index in [1.807, 2.05) is 32.0 Å². The molecule has 0 fully saturated rings. The van der Waals surface area contributed by atoms with Gasteiger partial charge in [0.25, 0.3) is 5.91 Å². The van der Waals surface area contributed by atoms with Gasteiger partial charge in [-0.15, -0.1) is 0 Å². The molecule has 0 heterocycles. The quantitative estimate of drug-likeness (QED) is 0.527. The number of benzene rings is 2. The molecule has 2 aromatic carbocycles. The molecule has 29 heavy (non-hydrogen) atoms. The molecule has 0 saturated carbocycles. The van der Waals surface area contributed by atoms with Crippen LogP contribution in [0.2, 0.25) is 0 Å². The zero-order chi connectivity index (χ0) is 21.4. The van der Waals surface area contributed by atoms with E-state index in [1.165, 1.54) is 0 Å². The van der Waals surface area contributed by atoms with E-state index < -0.39 is 0 Å². The van der Waals surface area contributed by atoms with Gasteiger partial charge in [-0.2, -0.15) is 0 Å². The number of halogens is 1. The van der Waals surface area contributed by atoms with Gasteiger partial charge in [0, 0.05) is 17.2 Å². The van der Waals surface area contributed by atoms with Crippen LogP contribution in [0.1, 0.15) is 29.8 Å². The molecule has 0 radical (unpaired) electrons. The van der Waals surface area contributed by atoms with Gasteiger partial charge >= 0.3 is 0 Å². The Bertz CT molecular complexity index is 885. The normalized spacial score (nSPS) is 10.4. The van der Waals surface area contributed by atoms with Gasteiger partial charge < -0.3 is 15.4 Å². The molecule has 6 nitrogen and oxygen atoms in total. The monoisotopic (exact) mass is 477 g/mol. The van der Waals surface area contributed by atoms with E-state index in [4.69, 9.17) is 17.0 Å². The SMILES string of the molecule is CNC(=O)Cc1ccc(NC(=S)NC(=O)c2cc(Br)ccc2OCC(C)C)cc1. The Morgan fingerprint density at radius 2 is 1.83 bits per heavy atom. The fraction of sp³-hybridized carbons (Fsp3) is 0.286. The predicted molar refractivity (Wildman–Crippen MR) is 122 cm³/mol. The zero-order valence-corrected chi connectivity index (χ0v) is 18.9. The summed E-state index contributed by atoms with van der Waals surface area (Å²) < 4.78 is 6.52. The molecule has 0 unspecified atom stereocenters. The van der Waals surface area contributed by atoms with Crippen molar-refractivity contribution in [3.63, 3.8) is 0 Å². The Labute approximate surface area is 184 Å². The molecule has 0 aliphatic heterocycles. The topological polar surface area (TPSA) is 79.5 Å². The Hall–Kier alpha value is -2.45. The van der Waals surface area contributed by atoms with E-state index >= 15 is 0 Å². The van der Waals surface area contributed by atoms with Gasteiger partial charge in [-0.05, 0) is 54.0 Å². The molecule has 2 rings (SSSR count). The van der Waals surface area contributed by atoms with Crippen LogP contribution < -0.4 is 20.7 Å². The van der Waals surface area contributed by atoms with Gasteiger partial charge in [-0.1, -0.05) is 41.9 Å². The smallest absolute Gasteiger partial charge is 0.261 e. The highest BCUT2D eigenvalue weighted by Gasteiger charge is 2.15. The third kappa shape index (κ3) is 7.47. The molecule has 0 aliphatic rings. The number of thiocarbonyl (C=S) groups is 1. The number of rotatable bonds is 7. The van der Waals surface area contributed by atoms with Crippen molar-refractivity contribution in [2.45, 2.75) is 20.3 Å². The van der Waals surface area contributed by atoms with Crippen LogP contribution in [0.3, 0.4) is 0 Å². The highest BCUT2D eigenvalue weighted by atomic mass is 79.9. The lowest BCUT2D eigenvalue weighted by atomic mass is 10.1. The second-order valence-electron chi connectivity index (χ2n) is 6.80. The number of hydrogen-bond donors (Lipinski definition) is 3. The number of amides is 2. The number of carbonyl (C=O) groups is 2. The average Bonchev–Trinajstić information content (AvgIpc) is 2.68. The lowest BCUT2D eigenvalue weighted by Crippen LogP contribution is -2.34. The van der Waals surface area contributed by atoms with E-state index in [9.17, 15) is 9.59 Å². The van der Waals surface area contributed by atoms with Crippen molar-refractivity contribution >= 4 is 50.8 Å². The summed E-state index contributed by atoms with van der Waals surface area (Å²) in [5, 5.41) is 8.39. The molecule has 0 spiro atoms. The highest BCUT2D eigenvalue weighted by molar-refractivity contribution is 9.10. The molecule has 8 heteroatoms. The first-order valence-corrected chi connectivity index (χ1v) is 10.3. The molecule has 2 aromatic rings. The number of likely N-dealkylation sites (N-methyl/N-ethyl adjacent to an activating group) is 1. The average molecular weight is 478 g/mol. The van der Waals surface area contributed by atoms with Crippen molar-refractivity contribution in [2.24, 2.45) is 5.92 Å². The van der Waals surface area contributed by atoms with E-state index in [0.717, 1.165) is 10.0 Å². The van der Waals surface area contributed by atoms with Crippen molar-refractivity contribution < 1.29 is 14.3 Å². The summed E-state index contributed by atoms with van der Waals surface area (Å²) in [6.07, 6.45) is 0.306. The van der Waals surface area contributed by atoms with Crippen molar-refractivity contribution in [1.82, 2.24) is 10.6 Å². The first-order chi connectivity index (χ1) is 13.8. The van der Waals surface area contributed by atoms with Gasteiger partial charge in [0.1, 0.15) is 5.75 Å². The maximum Gasteiger partial charge on any atom is 0.261 e. The largest absolute Gasteiger partial charge is 0.492 e. The van der Waals surface area contributed by atoms with Crippen LogP contribution in [0.25, 0.3) is 0 Å². The van der Waals surface area contributed by atoms with Crippen LogP contribution in [0.4, 0.5) is 5.69 Å². The van der Waals surface area contributed by atoms with Crippen LogP contribution in [0, 0.1) is 5.92 Å². The summed E-state index contributed by atoms with van der Waals surface area (Å²) in [7, 11) is 1.60. The van der Waals surface area contributed by atoms with Crippen LogP contribution >= 0.6 is 28.1 Å². The Morgan fingerprint density at radius 3 is 2.45 bits per heavy atom. The fourth-order valence-corrected chi connectivity index (χ4v) is 2.95. The summed E-state index contributed by atoms with van der Waals surface area (Å²) in [5.74, 6) is 0.418. The van der Waals surface area contributed by atoms with Crippen molar-refractivity contribution in [2.75, 3.05) is 19.0 Å². The summed E-state index contributed by atoms with van der Waals surface area (Å²) in [5.41, 5.74) is 1.98. The molecule has 3 N–H and O–H groups in total. The zero-order valence-electron chi connectivity index (χ0n) is 16.5. The van der Waals surface area contributed by atoms with Gasteiger partial charge in [0.2, 0.25) is 5.91 Å². The van der Waals surface area contributed by atoms with Crippen LogP contribution in [0.15, 0.2) is 46.9 Å². The van der Waals surface area contributed by atoms with Gasteiger partial charge in [-0.25, -0.2) is 0 Å². The summed E-state index contributed by atoms with van der Waals surface area (Å²) in [4.78, 5) is 24.1. The van der Waals surface area contributed by atoms with E-state index in [2.05, 4.69) is 31.9 Å². The summed E-state index contributed by atoms with van der Waals surface area (Å²) in [6.45, 7) is 4.59. The van der Waals surface area contributed by atoms with Gasteiger partial charge in [0.05, 0.1) is 18.6 Å². The Kier molecular flexibility index (Phi) is 8.60. The third-order valence-corrected chi connectivity index (χ3v) is 4.54. The van der Waals surface area contributed by atoms with Gasteiger partial charge in [-0.3, -0.25) is 14.9 Å². The first-order valence-electron chi connectivity index (χ1n) is 9.12. The van der Waals surface area contributed by atoms with Crippen LogP contribution in [-0.2, 0) is 11.2 Å². The lowest BCUT2D eigenvalue weighted by Gasteiger charge is -2.14. The lowest BCUT2D eigenvalue weighted by molar-refractivity contribution is -0.119. The molecule has 2 amide bonds. The van der Waals surface area contributed by atoms with Crippen molar-refractivity contribution in [3.8, 4) is 5.75 Å². The maximum atomic E-state index is 12.7. The number of nitrogens with one attached hydrogen (secondary N) is 3. The second kappa shape index (κ2) is 10.9. The van der Waals surface area contributed by atoms with Crippen molar-refractivity contribution in [3.05, 3.63) is 58.1 Å². The van der Waals surface area contributed by atoms with Crippen LogP contribution in [0.5, 0.6) is 5.75 Å². The predicted octanol–water partition coefficient (Wildman–Crippen LogP) is 3.90. The minimum atomic E-state index is -0.362. The van der Waals surface area contributed by atoms with Gasteiger partial charge in [0.15, 0.2) is 5.11 Å². The molecule has 0 bridgehead atoms. The maximum absolute atomic E-state index is 12.7. The standard InChI is InChI=1S/C21H24BrN3O3S/c1-13(2)12-28-18-9-6-15(22)11-17(18)20(27)25-21(29)24-16-7-4-14(5-8-16)10-19(26)23-3/h4-9,11,13H,10,12H2,1-3H3,(H,23,26)(H2,24,25,27,29). The molecular weight excluding hydrogens is 454 g/mol. The Morgan fingerprint density at radius 1 is 1.14 bits per heavy atom. The van der Waals surface area contributed by atoms with Crippen LogP contribution in [-0.4, -0.2) is 30.6 Å². The van der Waals surface area contributed by atoms with E-state index in [0.29, 0.717) is 35.9 Å². The van der Waals surface area contributed by atoms with Crippen molar-refractivity contribution in [1.29, 1.82) is 0 Å². The number of ether oxygens (including phenoxy) is 1. The molecule has 0 atom stereocenters. The summed E-state index contributed by atoms with van der Waals surface area (Å²) in [6, 6.07) is 12.5. The molecule has 0 aliphatic carbocycles.